The van der Waals surface area contributed by atoms with Gasteiger partial charge in [0.2, 0.25) is 11.9 Å². The molecule has 1 N–H and O–H groups in total. The molecule has 4 rings (SSSR count). The van der Waals surface area contributed by atoms with Gasteiger partial charge in [-0.25, -0.2) is 9.67 Å². The van der Waals surface area contributed by atoms with Crippen LogP contribution in [0.25, 0.3) is 0 Å². The van der Waals surface area contributed by atoms with Gasteiger partial charge in [0.1, 0.15) is 6.33 Å². The third-order valence-electron chi connectivity index (χ3n) is 3.86. The van der Waals surface area contributed by atoms with E-state index in [9.17, 15) is 4.79 Å². The predicted molar refractivity (Wildman–Crippen MR) is 94.0 cm³/mol. The van der Waals surface area contributed by atoms with Crippen molar-refractivity contribution in [2.45, 2.75) is 19.4 Å². The summed E-state index contributed by atoms with van der Waals surface area (Å²) in [6.07, 6.45) is 2.27. The maximum absolute atomic E-state index is 11.3. The average Bonchev–Trinajstić information content (AvgIpc) is 3.25. The van der Waals surface area contributed by atoms with Crippen LogP contribution in [0.4, 0.5) is 11.6 Å². The summed E-state index contributed by atoms with van der Waals surface area (Å²) in [4.78, 5) is 21.4. The third kappa shape index (κ3) is 2.74. The van der Waals surface area contributed by atoms with Crippen LogP contribution in [0.5, 0.6) is 0 Å². The Bertz CT molecular complexity index is 913. The van der Waals surface area contributed by atoms with E-state index < -0.39 is 0 Å². The number of benzene rings is 1. The number of aromatic nitrogens is 3. The van der Waals surface area contributed by atoms with Crippen molar-refractivity contribution in [3.8, 4) is 0 Å². The SMILES string of the molecule is CC(=O)Nc1cccc(C2=Nc3ncnn3C(c3cccs3)C2)c1. The fraction of sp³-hybridized carbons (Fsp3) is 0.176. The number of carbonyl (C=O) groups excluding carboxylic acids is 1. The van der Waals surface area contributed by atoms with E-state index in [-0.39, 0.29) is 11.9 Å². The van der Waals surface area contributed by atoms with Crippen molar-refractivity contribution in [2.24, 2.45) is 4.99 Å². The Morgan fingerprint density at radius 1 is 1.33 bits per heavy atom. The molecule has 0 saturated carbocycles. The smallest absolute Gasteiger partial charge is 0.248 e. The molecule has 7 heteroatoms. The Balaban J connectivity index is 1.73. The number of aliphatic imine (C=N–C) groups is 1. The van der Waals surface area contributed by atoms with Crippen LogP contribution in [-0.2, 0) is 4.79 Å². The number of nitrogens with zero attached hydrogens (tertiary/aromatic N) is 4. The number of amides is 1. The number of carbonyl (C=O) groups is 1. The molecule has 0 spiro atoms. The Labute approximate surface area is 142 Å². The lowest BCUT2D eigenvalue weighted by Gasteiger charge is -2.22. The van der Waals surface area contributed by atoms with Crippen LogP contribution in [0.3, 0.4) is 0 Å². The minimum Gasteiger partial charge on any atom is -0.326 e. The van der Waals surface area contributed by atoms with Crippen molar-refractivity contribution >= 4 is 34.6 Å². The van der Waals surface area contributed by atoms with Gasteiger partial charge >= 0.3 is 0 Å². The molecule has 0 aliphatic carbocycles. The van der Waals surface area contributed by atoms with Gasteiger partial charge < -0.3 is 5.32 Å². The maximum Gasteiger partial charge on any atom is 0.248 e. The first-order valence-electron chi connectivity index (χ1n) is 7.59. The first-order chi connectivity index (χ1) is 11.7. The number of thiophene rings is 1. The summed E-state index contributed by atoms with van der Waals surface area (Å²) >= 11 is 1.70. The zero-order chi connectivity index (χ0) is 16.5. The molecule has 1 aromatic carbocycles. The molecule has 0 radical (unpaired) electrons. The van der Waals surface area contributed by atoms with Gasteiger partial charge in [-0.05, 0) is 29.1 Å². The summed E-state index contributed by atoms with van der Waals surface area (Å²) in [5, 5.41) is 9.20. The highest BCUT2D eigenvalue weighted by atomic mass is 32.1. The molecular weight excluding hydrogens is 322 g/mol. The van der Waals surface area contributed by atoms with Crippen LogP contribution in [0, 0.1) is 0 Å². The first kappa shape index (κ1) is 14.8. The van der Waals surface area contributed by atoms with E-state index >= 15 is 0 Å². The van der Waals surface area contributed by atoms with E-state index in [0.29, 0.717) is 5.95 Å². The van der Waals surface area contributed by atoms with E-state index in [1.165, 1.54) is 18.1 Å². The number of hydrogen-bond donors (Lipinski definition) is 1. The van der Waals surface area contributed by atoms with Gasteiger partial charge in [0.15, 0.2) is 0 Å². The highest BCUT2D eigenvalue weighted by Gasteiger charge is 2.26. The maximum atomic E-state index is 11.3. The van der Waals surface area contributed by atoms with Crippen LogP contribution in [0.2, 0.25) is 0 Å². The van der Waals surface area contributed by atoms with Gasteiger partial charge in [-0.15, -0.1) is 11.3 Å². The molecule has 1 amide bonds. The quantitative estimate of drug-likeness (QED) is 0.796. The van der Waals surface area contributed by atoms with Crippen LogP contribution in [0.1, 0.15) is 29.8 Å². The number of nitrogens with one attached hydrogen (secondary N) is 1. The summed E-state index contributed by atoms with van der Waals surface area (Å²) in [5.74, 6) is 0.522. The molecule has 2 aromatic heterocycles. The van der Waals surface area contributed by atoms with Crippen molar-refractivity contribution in [1.29, 1.82) is 0 Å². The van der Waals surface area contributed by atoms with E-state index in [1.54, 1.807) is 11.3 Å². The van der Waals surface area contributed by atoms with Crippen LogP contribution in [0.15, 0.2) is 53.1 Å². The van der Waals surface area contributed by atoms with Gasteiger partial charge in [-0.3, -0.25) is 4.79 Å². The third-order valence-corrected chi connectivity index (χ3v) is 4.83. The molecule has 120 valence electrons. The number of rotatable bonds is 3. The largest absolute Gasteiger partial charge is 0.326 e. The predicted octanol–water partition coefficient (Wildman–Crippen LogP) is 3.41. The van der Waals surface area contributed by atoms with Gasteiger partial charge in [-0.2, -0.15) is 10.1 Å². The Morgan fingerprint density at radius 3 is 3.04 bits per heavy atom. The van der Waals surface area contributed by atoms with Crippen molar-refractivity contribution in [2.75, 3.05) is 5.32 Å². The molecule has 24 heavy (non-hydrogen) atoms. The summed E-state index contributed by atoms with van der Waals surface area (Å²) in [6.45, 7) is 1.50. The van der Waals surface area contributed by atoms with E-state index in [2.05, 4.69) is 31.8 Å². The molecule has 6 nitrogen and oxygen atoms in total. The van der Waals surface area contributed by atoms with Gasteiger partial charge in [0.25, 0.3) is 0 Å². The Morgan fingerprint density at radius 2 is 2.25 bits per heavy atom. The highest BCUT2D eigenvalue weighted by molar-refractivity contribution is 7.10. The van der Waals surface area contributed by atoms with Crippen molar-refractivity contribution in [1.82, 2.24) is 14.8 Å². The number of anilines is 1. The van der Waals surface area contributed by atoms with Crippen LogP contribution >= 0.6 is 11.3 Å². The number of hydrogen-bond acceptors (Lipinski definition) is 5. The fourth-order valence-corrected chi connectivity index (χ4v) is 3.66. The molecule has 0 fully saturated rings. The summed E-state index contributed by atoms with van der Waals surface area (Å²) < 4.78 is 1.87. The fourth-order valence-electron chi connectivity index (χ4n) is 2.84. The lowest BCUT2D eigenvalue weighted by Crippen LogP contribution is -2.20. The second-order valence-corrected chi connectivity index (χ2v) is 6.54. The molecular formula is C17H15N5OS. The molecule has 1 aliphatic heterocycles. The van der Waals surface area contributed by atoms with Gasteiger partial charge in [-0.1, -0.05) is 18.2 Å². The molecule has 1 aliphatic rings. The molecule has 3 aromatic rings. The average molecular weight is 337 g/mol. The minimum atomic E-state index is -0.0889. The highest BCUT2D eigenvalue weighted by Crippen LogP contribution is 2.34. The normalized spacial score (nSPS) is 16.4. The van der Waals surface area contributed by atoms with E-state index in [1.807, 2.05) is 35.0 Å². The first-order valence-corrected chi connectivity index (χ1v) is 8.47. The van der Waals surface area contributed by atoms with Crippen LogP contribution < -0.4 is 5.32 Å². The zero-order valence-electron chi connectivity index (χ0n) is 13.0. The van der Waals surface area contributed by atoms with Gasteiger partial charge in [0.05, 0.1) is 11.8 Å². The summed E-state index contributed by atoms with van der Waals surface area (Å²) in [5.41, 5.74) is 2.69. The molecule has 3 heterocycles. The monoisotopic (exact) mass is 337 g/mol. The molecule has 0 saturated heterocycles. The zero-order valence-corrected chi connectivity index (χ0v) is 13.8. The second kappa shape index (κ2) is 6.01. The lowest BCUT2D eigenvalue weighted by atomic mass is 10.00. The van der Waals surface area contributed by atoms with Gasteiger partial charge in [0, 0.05) is 23.9 Å². The Kier molecular flexibility index (Phi) is 3.70. The van der Waals surface area contributed by atoms with E-state index in [0.717, 1.165) is 23.4 Å². The molecule has 0 bridgehead atoms. The van der Waals surface area contributed by atoms with Crippen molar-refractivity contribution in [3.05, 3.63) is 58.5 Å². The second-order valence-electron chi connectivity index (χ2n) is 5.56. The molecule has 1 unspecified atom stereocenters. The van der Waals surface area contributed by atoms with Crippen LogP contribution in [-0.4, -0.2) is 26.4 Å². The van der Waals surface area contributed by atoms with Crippen molar-refractivity contribution < 1.29 is 4.79 Å². The van der Waals surface area contributed by atoms with E-state index in [4.69, 9.17) is 0 Å². The molecule has 1 atom stereocenters. The summed E-state index contributed by atoms with van der Waals surface area (Å²) in [6, 6.07) is 12.0. The standard InChI is InChI=1S/C17H15N5OS/c1-11(23)20-13-5-2-4-12(8-13)14-9-15(16-6-3-7-24-16)22-17(21-14)18-10-19-22/h2-8,10,15H,9H2,1H3,(H,20,23). The lowest BCUT2D eigenvalue weighted by molar-refractivity contribution is -0.114. The number of fused-ring (bicyclic) bond motifs is 1. The Hall–Kier alpha value is -2.80. The summed E-state index contributed by atoms with van der Waals surface area (Å²) in [7, 11) is 0. The minimum absolute atomic E-state index is 0.0889. The topological polar surface area (TPSA) is 72.2 Å². The van der Waals surface area contributed by atoms with Crippen molar-refractivity contribution in [3.63, 3.8) is 0 Å².